The Kier molecular flexibility index (Phi) is 3.20. The van der Waals surface area contributed by atoms with Crippen molar-refractivity contribution in [2.45, 2.75) is 38.0 Å². The Morgan fingerprint density at radius 3 is 2.56 bits per heavy atom. The van der Waals surface area contributed by atoms with Crippen LogP contribution < -0.4 is 10.5 Å². The molecule has 2 rings (SSSR count). The predicted octanol–water partition coefficient (Wildman–Crippen LogP) is 2.77. The molecule has 0 aromatic heterocycles. The van der Waals surface area contributed by atoms with Gasteiger partial charge >= 0.3 is 0 Å². The Morgan fingerprint density at radius 1 is 1.31 bits per heavy atom. The molecule has 0 atom stereocenters. The van der Waals surface area contributed by atoms with Crippen molar-refractivity contribution in [2.24, 2.45) is 5.73 Å². The molecule has 1 fully saturated rings. The summed E-state index contributed by atoms with van der Waals surface area (Å²) in [7, 11) is 1.75. The Morgan fingerprint density at radius 2 is 2.00 bits per heavy atom. The summed E-state index contributed by atoms with van der Waals surface area (Å²) in [5.41, 5.74) is 8.71. The third-order valence-electron chi connectivity index (χ3n) is 3.94. The van der Waals surface area contributed by atoms with Gasteiger partial charge in [-0.05, 0) is 25.3 Å². The molecular formula is C14H21NO. The van der Waals surface area contributed by atoms with E-state index in [1.807, 2.05) is 0 Å². The molecule has 0 amide bonds. The van der Waals surface area contributed by atoms with Crippen LogP contribution in [0.1, 0.15) is 36.8 Å². The lowest BCUT2D eigenvalue weighted by Gasteiger charge is -2.30. The normalized spacial score (nSPS) is 18.7. The van der Waals surface area contributed by atoms with Gasteiger partial charge in [-0.2, -0.15) is 0 Å². The maximum absolute atomic E-state index is 6.02. The molecule has 0 bridgehead atoms. The SMILES string of the molecule is COc1c(C)cccc1C1(CN)CCCC1. The van der Waals surface area contributed by atoms with Gasteiger partial charge in [-0.3, -0.25) is 0 Å². The van der Waals surface area contributed by atoms with E-state index in [1.165, 1.54) is 36.8 Å². The van der Waals surface area contributed by atoms with Crippen molar-refractivity contribution < 1.29 is 4.74 Å². The highest BCUT2D eigenvalue weighted by Crippen LogP contribution is 2.44. The Hall–Kier alpha value is -1.02. The van der Waals surface area contributed by atoms with Gasteiger partial charge in [-0.1, -0.05) is 31.0 Å². The van der Waals surface area contributed by atoms with Crippen LogP contribution in [0.25, 0.3) is 0 Å². The summed E-state index contributed by atoms with van der Waals surface area (Å²) in [6, 6.07) is 6.40. The molecular weight excluding hydrogens is 198 g/mol. The number of hydrogen-bond acceptors (Lipinski definition) is 2. The molecule has 0 radical (unpaired) electrons. The summed E-state index contributed by atoms with van der Waals surface area (Å²) in [5.74, 6) is 1.04. The van der Waals surface area contributed by atoms with Gasteiger partial charge in [-0.15, -0.1) is 0 Å². The highest BCUT2D eigenvalue weighted by atomic mass is 16.5. The molecule has 0 aliphatic heterocycles. The summed E-state index contributed by atoms with van der Waals surface area (Å²) in [6.07, 6.45) is 4.97. The van der Waals surface area contributed by atoms with Gasteiger partial charge in [-0.25, -0.2) is 0 Å². The fraction of sp³-hybridized carbons (Fsp3) is 0.571. The number of benzene rings is 1. The zero-order valence-electron chi connectivity index (χ0n) is 10.3. The minimum absolute atomic E-state index is 0.164. The van der Waals surface area contributed by atoms with Crippen molar-refractivity contribution in [1.82, 2.24) is 0 Å². The number of para-hydroxylation sites is 1. The monoisotopic (exact) mass is 219 g/mol. The van der Waals surface area contributed by atoms with E-state index in [4.69, 9.17) is 10.5 Å². The molecule has 0 unspecified atom stereocenters. The lowest BCUT2D eigenvalue weighted by molar-refractivity contribution is 0.375. The van der Waals surface area contributed by atoms with E-state index in [0.29, 0.717) is 0 Å². The van der Waals surface area contributed by atoms with Crippen LogP contribution in [0.5, 0.6) is 5.75 Å². The Labute approximate surface area is 97.8 Å². The minimum Gasteiger partial charge on any atom is -0.496 e. The van der Waals surface area contributed by atoms with Gasteiger partial charge in [0, 0.05) is 17.5 Å². The first kappa shape index (κ1) is 11.5. The van der Waals surface area contributed by atoms with Crippen molar-refractivity contribution in [3.63, 3.8) is 0 Å². The molecule has 16 heavy (non-hydrogen) atoms. The fourth-order valence-corrected chi connectivity index (χ4v) is 2.98. The third-order valence-corrected chi connectivity index (χ3v) is 3.94. The average molecular weight is 219 g/mol. The number of methoxy groups -OCH3 is 1. The van der Waals surface area contributed by atoms with Crippen LogP contribution in [-0.2, 0) is 5.41 Å². The predicted molar refractivity (Wildman–Crippen MR) is 66.9 cm³/mol. The van der Waals surface area contributed by atoms with Crippen molar-refractivity contribution >= 4 is 0 Å². The maximum Gasteiger partial charge on any atom is 0.125 e. The van der Waals surface area contributed by atoms with Crippen LogP contribution in [0.3, 0.4) is 0 Å². The summed E-state index contributed by atoms with van der Waals surface area (Å²) < 4.78 is 5.56. The van der Waals surface area contributed by atoms with E-state index in [0.717, 1.165) is 12.3 Å². The van der Waals surface area contributed by atoms with Gasteiger partial charge < -0.3 is 10.5 Å². The van der Waals surface area contributed by atoms with E-state index in [2.05, 4.69) is 25.1 Å². The zero-order valence-corrected chi connectivity index (χ0v) is 10.3. The highest BCUT2D eigenvalue weighted by Gasteiger charge is 2.36. The van der Waals surface area contributed by atoms with Crippen LogP contribution in [0.15, 0.2) is 18.2 Å². The maximum atomic E-state index is 6.02. The van der Waals surface area contributed by atoms with E-state index in [9.17, 15) is 0 Å². The topological polar surface area (TPSA) is 35.2 Å². The van der Waals surface area contributed by atoms with Gasteiger partial charge in [0.2, 0.25) is 0 Å². The highest BCUT2D eigenvalue weighted by molar-refractivity contribution is 5.46. The van der Waals surface area contributed by atoms with E-state index in [-0.39, 0.29) is 5.41 Å². The van der Waals surface area contributed by atoms with Crippen LogP contribution in [0.4, 0.5) is 0 Å². The van der Waals surface area contributed by atoms with Crippen molar-refractivity contribution in [1.29, 1.82) is 0 Å². The lowest BCUT2D eigenvalue weighted by Crippen LogP contribution is -2.32. The molecule has 0 heterocycles. The molecule has 0 spiro atoms. The second-order valence-corrected chi connectivity index (χ2v) is 4.85. The molecule has 1 aromatic carbocycles. The van der Waals surface area contributed by atoms with Crippen LogP contribution in [0.2, 0.25) is 0 Å². The molecule has 2 N–H and O–H groups in total. The average Bonchev–Trinajstić information content (AvgIpc) is 2.78. The van der Waals surface area contributed by atoms with Crippen molar-refractivity contribution in [3.05, 3.63) is 29.3 Å². The van der Waals surface area contributed by atoms with Crippen LogP contribution in [0, 0.1) is 6.92 Å². The zero-order chi connectivity index (χ0) is 11.6. The van der Waals surface area contributed by atoms with E-state index < -0.39 is 0 Å². The smallest absolute Gasteiger partial charge is 0.125 e. The van der Waals surface area contributed by atoms with Gasteiger partial charge in [0.05, 0.1) is 7.11 Å². The van der Waals surface area contributed by atoms with Gasteiger partial charge in [0.1, 0.15) is 5.75 Å². The van der Waals surface area contributed by atoms with Crippen molar-refractivity contribution in [2.75, 3.05) is 13.7 Å². The first-order valence-corrected chi connectivity index (χ1v) is 6.08. The van der Waals surface area contributed by atoms with Gasteiger partial charge in [0.25, 0.3) is 0 Å². The molecule has 88 valence electrons. The molecule has 1 aliphatic rings. The molecule has 1 aromatic rings. The largest absolute Gasteiger partial charge is 0.496 e. The molecule has 1 saturated carbocycles. The van der Waals surface area contributed by atoms with Crippen LogP contribution >= 0.6 is 0 Å². The molecule has 0 saturated heterocycles. The quantitative estimate of drug-likeness (QED) is 0.848. The number of nitrogens with two attached hydrogens (primary N) is 1. The van der Waals surface area contributed by atoms with E-state index in [1.54, 1.807) is 7.11 Å². The molecule has 1 aliphatic carbocycles. The van der Waals surface area contributed by atoms with E-state index >= 15 is 0 Å². The second-order valence-electron chi connectivity index (χ2n) is 4.85. The summed E-state index contributed by atoms with van der Waals surface area (Å²) in [5, 5.41) is 0. The summed E-state index contributed by atoms with van der Waals surface area (Å²) in [4.78, 5) is 0. The summed E-state index contributed by atoms with van der Waals surface area (Å²) in [6.45, 7) is 2.83. The standard InChI is InChI=1S/C14H21NO/c1-11-6-5-7-12(13(11)16-2)14(10-15)8-3-4-9-14/h5-7H,3-4,8-10,15H2,1-2H3. The first-order valence-electron chi connectivity index (χ1n) is 6.08. The Bertz CT molecular complexity index is 367. The third kappa shape index (κ3) is 1.71. The molecule has 2 nitrogen and oxygen atoms in total. The minimum atomic E-state index is 0.164. The lowest BCUT2D eigenvalue weighted by atomic mass is 9.78. The molecule has 2 heteroatoms. The number of aryl methyl sites for hydroxylation is 1. The number of rotatable bonds is 3. The fourth-order valence-electron chi connectivity index (χ4n) is 2.98. The van der Waals surface area contributed by atoms with Crippen molar-refractivity contribution in [3.8, 4) is 5.75 Å². The first-order chi connectivity index (χ1) is 7.73. The second kappa shape index (κ2) is 4.46. The van der Waals surface area contributed by atoms with Gasteiger partial charge in [0.15, 0.2) is 0 Å². The Balaban J connectivity index is 2.49. The van der Waals surface area contributed by atoms with Crippen LogP contribution in [-0.4, -0.2) is 13.7 Å². The summed E-state index contributed by atoms with van der Waals surface area (Å²) >= 11 is 0. The number of hydrogen-bond donors (Lipinski definition) is 1. The number of ether oxygens (including phenoxy) is 1.